The molecule has 12 heteroatoms. The molecule has 38 heavy (non-hydrogen) atoms. The van der Waals surface area contributed by atoms with E-state index < -0.39 is 37.9 Å². The second kappa shape index (κ2) is 12.7. The van der Waals surface area contributed by atoms with Gasteiger partial charge in [0.1, 0.15) is 6.10 Å². The fourth-order valence-electron chi connectivity index (χ4n) is 6.05. The minimum Gasteiger partial charge on any atom is -0.377 e. The summed E-state index contributed by atoms with van der Waals surface area (Å²) in [5.74, 6) is 3.41. The molecule has 8 atom stereocenters. The molecule has 0 radical (unpaired) electrons. The molecule has 8 unspecified atom stereocenters. The van der Waals surface area contributed by atoms with Crippen molar-refractivity contribution in [2.24, 2.45) is 23.7 Å². The van der Waals surface area contributed by atoms with Crippen molar-refractivity contribution < 1.29 is 38.5 Å². The maximum absolute atomic E-state index is 12.1. The summed E-state index contributed by atoms with van der Waals surface area (Å²) in [4.78, 5) is 15.5. The van der Waals surface area contributed by atoms with Crippen LogP contribution in [0.15, 0.2) is 6.20 Å². The van der Waals surface area contributed by atoms with Gasteiger partial charge in [0.15, 0.2) is 12.5 Å². The van der Waals surface area contributed by atoms with E-state index in [2.05, 4.69) is 23.6 Å². The third kappa shape index (κ3) is 6.87. The van der Waals surface area contributed by atoms with Crippen molar-refractivity contribution in [2.75, 3.05) is 26.4 Å². The van der Waals surface area contributed by atoms with E-state index >= 15 is 0 Å². The van der Waals surface area contributed by atoms with Gasteiger partial charge in [-0.3, -0.25) is 14.1 Å². The summed E-state index contributed by atoms with van der Waals surface area (Å²) < 4.78 is 30.6. The highest BCUT2D eigenvalue weighted by Crippen LogP contribution is 2.56. The molecule has 0 amide bonds. The summed E-state index contributed by atoms with van der Waals surface area (Å²) in [5, 5.41) is 26.7. The maximum atomic E-state index is 12.1. The van der Waals surface area contributed by atoms with E-state index in [-0.39, 0.29) is 19.8 Å². The first-order chi connectivity index (χ1) is 18.0. The number of fused-ring (bicyclic) bond motifs is 2. The molecule has 0 aromatic carbocycles. The van der Waals surface area contributed by atoms with E-state index in [1.807, 2.05) is 6.20 Å². The molecule has 2 fully saturated rings. The first kappa shape index (κ1) is 30.1. The van der Waals surface area contributed by atoms with Crippen molar-refractivity contribution in [3.8, 4) is 0 Å². The topological polar surface area (TPSA) is 136 Å². The lowest BCUT2D eigenvalue weighted by Gasteiger charge is -2.43. The minimum atomic E-state index is -3.83. The monoisotopic (exact) mass is 559 g/mol. The highest BCUT2D eigenvalue weighted by molar-refractivity contribution is 7.53. The summed E-state index contributed by atoms with van der Waals surface area (Å²) in [6, 6.07) is 0. The molecule has 1 saturated carbocycles. The molecule has 0 bridgehead atoms. The molecule has 11 nitrogen and oxygen atoms in total. The molecule has 3 aliphatic rings. The predicted molar refractivity (Wildman–Crippen MR) is 140 cm³/mol. The standard InChI is InChI=1S/C26H46N3O8P/c1-16(2)24-20-7-6-19-14-27-28(22(19)9-8-21(20)24)10-11-34-12-13-35-29-25(30)18(5)37-23(26(29)31)15-36-38(32,33)17(3)4/h14,16-18,20-21,23-26,30-31H,6-13,15H2,1-5H3,(H,32,33). The van der Waals surface area contributed by atoms with E-state index in [1.54, 1.807) is 20.8 Å². The Labute approximate surface area is 225 Å². The molecular weight excluding hydrogens is 513 g/mol. The van der Waals surface area contributed by atoms with Crippen molar-refractivity contribution in [3.63, 3.8) is 0 Å². The molecule has 1 aliphatic heterocycles. The Morgan fingerprint density at radius 2 is 1.82 bits per heavy atom. The number of hydroxylamine groups is 2. The minimum absolute atomic E-state index is 0.107. The van der Waals surface area contributed by atoms with Crippen molar-refractivity contribution in [3.05, 3.63) is 17.5 Å². The molecule has 3 N–H and O–H groups in total. The van der Waals surface area contributed by atoms with Gasteiger partial charge in [-0.1, -0.05) is 27.7 Å². The summed E-state index contributed by atoms with van der Waals surface area (Å²) in [6.07, 6.45) is 2.45. The van der Waals surface area contributed by atoms with Gasteiger partial charge in [-0.2, -0.15) is 5.10 Å². The van der Waals surface area contributed by atoms with E-state index in [4.69, 9.17) is 18.8 Å². The molecule has 218 valence electrons. The van der Waals surface area contributed by atoms with Gasteiger partial charge in [-0.15, -0.1) is 5.06 Å². The molecule has 1 saturated heterocycles. The van der Waals surface area contributed by atoms with Gasteiger partial charge in [0.05, 0.1) is 50.9 Å². The fraction of sp³-hybridized carbons (Fsp3) is 0.885. The Morgan fingerprint density at radius 1 is 1.11 bits per heavy atom. The molecule has 1 aromatic rings. The zero-order valence-electron chi connectivity index (χ0n) is 23.3. The van der Waals surface area contributed by atoms with E-state index in [0.717, 1.165) is 41.6 Å². The Morgan fingerprint density at radius 3 is 2.50 bits per heavy atom. The summed E-state index contributed by atoms with van der Waals surface area (Å²) in [5.41, 5.74) is 2.12. The third-order valence-corrected chi connectivity index (χ3v) is 10.1. The lowest BCUT2D eigenvalue weighted by molar-refractivity contribution is -0.377. The van der Waals surface area contributed by atoms with E-state index in [9.17, 15) is 19.7 Å². The summed E-state index contributed by atoms with van der Waals surface area (Å²) >= 11 is 0. The van der Waals surface area contributed by atoms with Crippen LogP contribution in [-0.2, 0) is 42.8 Å². The Balaban J connectivity index is 1.19. The number of hydrogen-bond donors (Lipinski definition) is 3. The van der Waals surface area contributed by atoms with E-state index in [1.165, 1.54) is 24.1 Å². The van der Waals surface area contributed by atoms with E-state index in [0.29, 0.717) is 13.2 Å². The van der Waals surface area contributed by atoms with Gasteiger partial charge in [0.25, 0.3) is 0 Å². The van der Waals surface area contributed by atoms with Crippen LogP contribution in [0.25, 0.3) is 0 Å². The third-order valence-electron chi connectivity index (χ3n) is 8.32. The van der Waals surface area contributed by atoms with Crippen LogP contribution in [0.2, 0.25) is 0 Å². The Bertz CT molecular complexity index is 959. The van der Waals surface area contributed by atoms with Crippen LogP contribution in [0, 0.1) is 23.7 Å². The fourth-order valence-corrected chi connectivity index (χ4v) is 6.71. The molecular formula is C26H46N3O8P. The largest absolute Gasteiger partial charge is 0.377 e. The predicted octanol–water partition coefficient (Wildman–Crippen LogP) is 2.56. The summed E-state index contributed by atoms with van der Waals surface area (Å²) in [6.45, 7) is 10.7. The number of rotatable bonds is 12. The Kier molecular flexibility index (Phi) is 10.1. The van der Waals surface area contributed by atoms with Crippen LogP contribution in [0.5, 0.6) is 0 Å². The van der Waals surface area contributed by atoms with Gasteiger partial charge in [0, 0.05) is 5.69 Å². The number of aromatic nitrogens is 2. The number of morpholine rings is 1. The lowest BCUT2D eigenvalue weighted by atomic mass is 9.99. The number of aliphatic hydroxyl groups excluding tert-OH is 2. The average molecular weight is 560 g/mol. The number of aliphatic hydroxyl groups is 2. The van der Waals surface area contributed by atoms with Gasteiger partial charge in [-0.25, -0.2) is 0 Å². The van der Waals surface area contributed by atoms with Crippen LogP contribution in [-0.4, -0.2) is 86.7 Å². The molecule has 2 heterocycles. The second-order valence-corrected chi connectivity index (χ2v) is 14.0. The number of aryl methyl sites for hydroxylation is 1. The van der Waals surface area contributed by atoms with Gasteiger partial charge in [-0.05, 0) is 61.8 Å². The van der Waals surface area contributed by atoms with Crippen LogP contribution < -0.4 is 0 Å². The van der Waals surface area contributed by atoms with Gasteiger partial charge < -0.3 is 29.1 Å². The SMILES string of the molecule is CC(C)C1C2CCc3cnn(CCOCCON4C(O)C(C)OC(COP(=O)(O)C(C)C)C4O)c3CCC21. The van der Waals surface area contributed by atoms with Crippen molar-refractivity contribution in [2.45, 2.75) is 97.2 Å². The smallest absolute Gasteiger partial charge is 0.330 e. The van der Waals surface area contributed by atoms with Crippen molar-refractivity contribution in [1.29, 1.82) is 0 Å². The number of ether oxygens (including phenoxy) is 2. The normalized spacial score (nSPS) is 33.5. The first-order valence-corrected chi connectivity index (χ1v) is 15.7. The average Bonchev–Trinajstić information content (AvgIpc) is 3.41. The molecule has 2 aliphatic carbocycles. The van der Waals surface area contributed by atoms with Crippen LogP contribution >= 0.6 is 7.60 Å². The lowest BCUT2D eigenvalue weighted by Crippen LogP contribution is -2.61. The zero-order valence-corrected chi connectivity index (χ0v) is 24.2. The highest BCUT2D eigenvalue weighted by Gasteiger charge is 2.50. The zero-order chi connectivity index (χ0) is 27.6. The molecule has 0 spiro atoms. The second-order valence-electron chi connectivity index (χ2n) is 11.5. The van der Waals surface area contributed by atoms with Crippen LogP contribution in [0.4, 0.5) is 0 Å². The van der Waals surface area contributed by atoms with Crippen molar-refractivity contribution >= 4 is 7.60 Å². The number of hydrogen-bond acceptors (Lipinski definition) is 9. The summed E-state index contributed by atoms with van der Waals surface area (Å²) in [7, 11) is -3.83. The van der Waals surface area contributed by atoms with Crippen molar-refractivity contribution in [1.82, 2.24) is 14.8 Å². The van der Waals surface area contributed by atoms with Crippen LogP contribution in [0.3, 0.4) is 0 Å². The highest BCUT2D eigenvalue weighted by atomic mass is 31.2. The molecule has 1 aromatic heterocycles. The van der Waals surface area contributed by atoms with Crippen LogP contribution in [0.1, 0.15) is 58.7 Å². The Hall–Kier alpha value is -0.880. The van der Waals surface area contributed by atoms with Gasteiger partial charge in [0.2, 0.25) is 0 Å². The quantitative estimate of drug-likeness (QED) is 0.259. The first-order valence-electron chi connectivity index (χ1n) is 14.0. The van der Waals surface area contributed by atoms with Gasteiger partial charge >= 0.3 is 7.60 Å². The maximum Gasteiger partial charge on any atom is 0.330 e. The number of nitrogens with zero attached hydrogens (tertiary/aromatic N) is 3. The molecule has 4 rings (SSSR count).